The van der Waals surface area contributed by atoms with E-state index in [0.29, 0.717) is 62.8 Å². The van der Waals surface area contributed by atoms with Gasteiger partial charge in [-0.1, -0.05) is 60.7 Å². The normalized spacial score (nSPS) is 18.0. The van der Waals surface area contributed by atoms with Gasteiger partial charge in [0.05, 0.1) is 35.7 Å². The Kier molecular flexibility index (Phi) is 16.3. The van der Waals surface area contributed by atoms with Crippen LogP contribution in [0.15, 0.2) is 108 Å². The van der Waals surface area contributed by atoms with E-state index in [4.69, 9.17) is 19.0 Å². The van der Waals surface area contributed by atoms with Gasteiger partial charge in [0.25, 0.3) is 11.8 Å². The third-order valence-electron chi connectivity index (χ3n) is 12.2. The summed E-state index contributed by atoms with van der Waals surface area (Å²) in [5.74, 6) is -0.193. The molecule has 15 heteroatoms. The van der Waals surface area contributed by atoms with Crippen LogP contribution in [0.25, 0.3) is 16.9 Å². The number of hydrogen-bond donors (Lipinski definition) is 0. The Bertz CT molecular complexity index is 2650. The zero-order chi connectivity index (χ0) is 46.5. The van der Waals surface area contributed by atoms with Crippen LogP contribution >= 0.6 is 0 Å². The van der Waals surface area contributed by atoms with Gasteiger partial charge in [-0.05, 0) is 82.9 Å². The van der Waals surface area contributed by atoms with E-state index in [1.165, 1.54) is 17.7 Å². The van der Waals surface area contributed by atoms with Crippen LogP contribution in [-0.4, -0.2) is 91.7 Å². The Morgan fingerprint density at radius 2 is 1.65 bits per heavy atom. The molecule has 2 amide bonds. The van der Waals surface area contributed by atoms with Gasteiger partial charge in [-0.15, -0.1) is 5.06 Å². The quantitative estimate of drug-likeness (QED) is 0.0401. The molecule has 1 saturated heterocycles. The first kappa shape index (κ1) is 50.5. The molecule has 0 bridgehead atoms. The number of carbonyl (C=O) groups excluding carboxylic acids is 3. The number of hydrogen-bond acceptors (Lipinski definition) is 11. The third-order valence-corrected chi connectivity index (χ3v) is 13.0. The van der Waals surface area contributed by atoms with Crippen molar-refractivity contribution in [1.29, 1.82) is 0 Å². The van der Waals surface area contributed by atoms with Crippen LogP contribution in [0, 0.1) is 0 Å². The summed E-state index contributed by atoms with van der Waals surface area (Å²) >= 11 is 0. The fraction of sp³-hybridized carbons (Fsp3) is 0.373. The number of carbonyl (C=O) groups is 3. The van der Waals surface area contributed by atoms with Gasteiger partial charge in [-0.2, -0.15) is 4.58 Å². The standard InChI is InChI=1S/C51H57N3O10S.Na/c1-35-34-50(2,3)53(26-27-62-29-28-61-6)43-33-45-40(32-39(35)43)37(30-44(63-45)36-16-10-7-11-17-36)18-12-8-13-19-46-51(4,5)41-31-38(65(58,59)60)21-22-42(41)52(46)25-15-9-14-20-49(57)64-54-47(55)23-24-48(54)56;/h7-8,10-13,16-19,21-22,30-34H,9,14-15,20,23-29H2,1-6H3;/q;+1. The first-order valence-electron chi connectivity index (χ1n) is 22.0. The molecule has 342 valence electrons. The molecule has 0 aliphatic carbocycles. The smallest absolute Gasteiger partial charge is 0.744 e. The molecule has 66 heavy (non-hydrogen) atoms. The Morgan fingerprint density at radius 3 is 2.36 bits per heavy atom. The molecule has 13 nitrogen and oxygen atoms in total. The van der Waals surface area contributed by atoms with Crippen molar-refractivity contribution >= 4 is 61.9 Å². The molecule has 0 atom stereocenters. The van der Waals surface area contributed by atoms with Crippen molar-refractivity contribution in [3.8, 4) is 5.75 Å². The molecular formula is C51H57N3NaO10S+. The van der Waals surface area contributed by atoms with Crippen LogP contribution in [0.3, 0.4) is 0 Å². The molecule has 4 heterocycles. The van der Waals surface area contributed by atoms with Crippen molar-refractivity contribution in [3.05, 3.63) is 125 Å². The van der Waals surface area contributed by atoms with E-state index in [9.17, 15) is 27.4 Å². The van der Waals surface area contributed by atoms with E-state index in [0.717, 1.165) is 50.9 Å². The van der Waals surface area contributed by atoms with Gasteiger partial charge >= 0.3 is 35.5 Å². The molecule has 0 N–H and O–H groups in total. The number of allylic oxidation sites excluding steroid dienone is 8. The number of imide groups is 1. The second-order valence-corrected chi connectivity index (χ2v) is 19.0. The van der Waals surface area contributed by atoms with Gasteiger partial charge in [0.1, 0.15) is 28.2 Å². The van der Waals surface area contributed by atoms with Crippen molar-refractivity contribution < 1.29 is 80.5 Å². The summed E-state index contributed by atoms with van der Waals surface area (Å²) in [7, 11) is -3.02. The number of hydroxylamine groups is 2. The van der Waals surface area contributed by atoms with E-state index in [-0.39, 0.29) is 59.3 Å². The van der Waals surface area contributed by atoms with Crippen LogP contribution in [0.5, 0.6) is 5.75 Å². The number of nitrogens with zero attached hydrogens (tertiary/aromatic N) is 3. The molecule has 0 unspecified atom stereocenters. The molecule has 0 spiro atoms. The summed E-state index contributed by atoms with van der Waals surface area (Å²) in [5, 5.41) is 0.560. The summed E-state index contributed by atoms with van der Waals surface area (Å²) in [4.78, 5) is 43.2. The van der Waals surface area contributed by atoms with Crippen LogP contribution < -0.4 is 39.2 Å². The number of unbranched alkanes of at least 4 members (excludes halogenated alkanes) is 2. The molecular weight excluding hydrogens is 870 g/mol. The predicted molar refractivity (Wildman–Crippen MR) is 248 cm³/mol. The van der Waals surface area contributed by atoms with Crippen molar-refractivity contribution in [2.45, 2.75) is 89.0 Å². The number of ether oxygens (including phenoxy) is 3. The van der Waals surface area contributed by atoms with Crippen molar-refractivity contribution in [1.82, 2.24) is 5.06 Å². The minimum absolute atomic E-state index is 0. The SMILES string of the molecule is COCCOCCN1c2cc3c(cc2C(C)=CC1(C)C)C(=CC=CC=CC1=[N+](CCCCCC(=O)ON2C(=O)CCC2=O)c2ccc(S(=O)(=O)[O-])cc2C1(C)C)C=C(c1ccccc1)O3.[Na+]. The Balaban J connectivity index is 0.00000720. The molecule has 0 saturated carbocycles. The molecule has 0 radical (unpaired) electrons. The second-order valence-electron chi connectivity index (χ2n) is 17.6. The average molecular weight is 927 g/mol. The van der Waals surface area contributed by atoms with Crippen LogP contribution in [0.1, 0.15) is 95.4 Å². The van der Waals surface area contributed by atoms with Crippen LogP contribution in [0.2, 0.25) is 0 Å². The van der Waals surface area contributed by atoms with E-state index in [2.05, 4.69) is 60.6 Å². The number of rotatable bonds is 18. The fourth-order valence-electron chi connectivity index (χ4n) is 8.91. The fourth-order valence-corrected chi connectivity index (χ4v) is 9.41. The Labute approximate surface area is 410 Å². The molecule has 3 aromatic rings. The van der Waals surface area contributed by atoms with Gasteiger partial charge in [0.2, 0.25) is 5.69 Å². The molecule has 1 fully saturated rings. The number of benzene rings is 3. The second kappa shape index (κ2) is 21.4. The van der Waals surface area contributed by atoms with Crippen molar-refractivity contribution in [3.63, 3.8) is 0 Å². The summed E-state index contributed by atoms with van der Waals surface area (Å²) in [5.41, 5.74) is 7.77. The van der Waals surface area contributed by atoms with Gasteiger partial charge in [0, 0.05) is 85.5 Å². The van der Waals surface area contributed by atoms with Gasteiger partial charge in [-0.25, -0.2) is 13.2 Å². The topological polar surface area (TPSA) is 155 Å². The number of amides is 2. The Hall–Kier alpha value is -4.93. The minimum Gasteiger partial charge on any atom is -0.744 e. The third kappa shape index (κ3) is 11.2. The number of fused-ring (bicyclic) bond motifs is 3. The van der Waals surface area contributed by atoms with Crippen LogP contribution in [-0.2, 0) is 44.2 Å². The number of anilines is 1. The predicted octanol–water partition coefficient (Wildman–Crippen LogP) is 5.43. The van der Waals surface area contributed by atoms with Gasteiger partial charge in [0.15, 0.2) is 5.71 Å². The molecule has 4 aliphatic heterocycles. The summed E-state index contributed by atoms with van der Waals surface area (Å²) < 4.78 is 56.1. The summed E-state index contributed by atoms with van der Waals surface area (Å²) in [6.07, 6.45) is 16.2. The summed E-state index contributed by atoms with van der Waals surface area (Å²) in [6, 6.07) is 18.8. The zero-order valence-electron chi connectivity index (χ0n) is 38.9. The molecule has 3 aromatic carbocycles. The van der Waals surface area contributed by atoms with E-state index in [1.807, 2.05) is 68.5 Å². The Morgan fingerprint density at radius 1 is 0.909 bits per heavy atom. The molecule has 7 rings (SSSR count). The maximum atomic E-state index is 12.4. The minimum atomic E-state index is -4.69. The van der Waals surface area contributed by atoms with Crippen molar-refractivity contribution in [2.75, 3.05) is 44.9 Å². The van der Waals surface area contributed by atoms with Gasteiger partial charge in [-0.3, -0.25) is 9.59 Å². The largest absolute Gasteiger partial charge is 1.00 e. The van der Waals surface area contributed by atoms with E-state index >= 15 is 0 Å². The van der Waals surface area contributed by atoms with E-state index in [1.54, 1.807) is 13.2 Å². The monoisotopic (exact) mass is 926 g/mol. The maximum Gasteiger partial charge on any atom is 1.00 e. The summed E-state index contributed by atoms with van der Waals surface area (Å²) in [6.45, 7) is 13.4. The first-order chi connectivity index (χ1) is 31.0. The molecule has 0 aromatic heterocycles. The average Bonchev–Trinajstić information content (AvgIpc) is 3.69. The van der Waals surface area contributed by atoms with Crippen molar-refractivity contribution in [2.24, 2.45) is 0 Å². The first-order valence-corrected chi connectivity index (χ1v) is 23.4. The zero-order valence-corrected chi connectivity index (χ0v) is 41.7. The van der Waals surface area contributed by atoms with E-state index < -0.39 is 33.3 Å². The molecule has 4 aliphatic rings. The number of methoxy groups -OCH3 is 1. The maximum absolute atomic E-state index is 12.4. The van der Waals surface area contributed by atoms with Gasteiger partial charge < -0.3 is 28.5 Å². The van der Waals surface area contributed by atoms with Crippen LogP contribution in [0.4, 0.5) is 11.4 Å².